The molecular weight excluding hydrogens is 170 g/mol. The molecule has 0 saturated heterocycles. The van der Waals surface area contributed by atoms with E-state index < -0.39 is 0 Å². The van der Waals surface area contributed by atoms with Gasteiger partial charge in [0, 0.05) is 17.2 Å². The minimum Gasteiger partial charge on any atom is -0.211 e. The van der Waals surface area contributed by atoms with Crippen LogP contribution in [0.2, 0.25) is 0 Å². The number of aromatic nitrogens is 1. The van der Waals surface area contributed by atoms with Crippen molar-refractivity contribution in [3.8, 4) is 11.3 Å². The van der Waals surface area contributed by atoms with Gasteiger partial charge in [0.05, 0.1) is 0 Å². The third kappa shape index (κ3) is 1.53. The molecule has 70 valence electrons. The third-order valence-corrected chi connectivity index (χ3v) is 2.59. The van der Waals surface area contributed by atoms with Crippen molar-refractivity contribution in [2.45, 2.75) is 13.8 Å². The average Bonchev–Trinajstić information content (AvgIpc) is 2.23. The molecular formula is C13H14N+. The number of pyridine rings is 1. The molecule has 0 fully saturated rings. The van der Waals surface area contributed by atoms with E-state index in [1.807, 2.05) is 12.3 Å². The zero-order valence-corrected chi connectivity index (χ0v) is 8.54. The summed E-state index contributed by atoms with van der Waals surface area (Å²) in [5, 5.41) is 0. The van der Waals surface area contributed by atoms with E-state index in [-0.39, 0.29) is 0 Å². The summed E-state index contributed by atoms with van der Waals surface area (Å²) in [6, 6.07) is 12.5. The summed E-state index contributed by atoms with van der Waals surface area (Å²) in [6.07, 6.45) is 1.99. The number of hydrogen-bond acceptors (Lipinski definition) is 0. The van der Waals surface area contributed by atoms with Gasteiger partial charge in [-0.25, -0.2) is 4.98 Å². The van der Waals surface area contributed by atoms with Crippen LogP contribution in [0, 0.1) is 13.8 Å². The molecule has 0 unspecified atom stereocenters. The van der Waals surface area contributed by atoms with E-state index >= 15 is 0 Å². The van der Waals surface area contributed by atoms with Crippen molar-refractivity contribution in [1.82, 2.24) is 0 Å². The first-order valence-electron chi connectivity index (χ1n) is 4.82. The van der Waals surface area contributed by atoms with Gasteiger partial charge in [0.2, 0.25) is 5.69 Å². The Balaban J connectivity index is 2.58. The molecule has 1 nitrogen and oxygen atoms in total. The van der Waals surface area contributed by atoms with E-state index in [0.29, 0.717) is 0 Å². The minimum atomic E-state index is 1.21. The Morgan fingerprint density at radius 3 is 2.36 bits per heavy atom. The first-order valence-corrected chi connectivity index (χ1v) is 4.82. The van der Waals surface area contributed by atoms with Crippen molar-refractivity contribution in [3.05, 3.63) is 53.7 Å². The SMILES string of the molecule is Cc1cc[nH+]c(-c2ccccc2)c1C. The van der Waals surface area contributed by atoms with Gasteiger partial charge >= 0.3 is 0 Å². The van der Waals surface area contributed by atoms with Gasteiger partial charge in [0.15, 0.2) is 6.20 Å². The summed E-state index contributed by atoms with van der Waals surface area (Å²) in [5.41, 5.74) is 5.10. The summed E-state index contributed by atoms with van der Waals surface area (Å²) in [7, 11) is 0. The fourth-order valence-electron chi connectivity index (χ4n) is 1.59. The zero-order chi connectivity index (χ0) is 9.97. The Morgan fingerprint density at radius 1 is 0.929 bits per heavy atom. The van der Waals surface area contributed by atoms with Gasteiger partial charge in [0.25, 0.3) is 0 Å². The van der Waals surface area contributed by atoms with E-state index in [0.717, 1.165) is 0 Å². The van der Waals surface area contributed by atoms with Gasteiger partial charge in [-0.1, -0.05) is 18.2 Å². The second kappa shape index (κ2) is 3.62. The Kier molecular flexibility index (Phi) is 2.32. The first-order chi connectivity index (χ1) is 6.79. The molecule has 0 aliphatic rings. The second-order valence-corrected chi connectivity index (χ2v) is 3.53. The van der Waals surface area contributed by atoms with Crippen LogP contribution in [0.5, 0.6) is 0 Å². The van der Waals surface area contributed by atoms with Crippen LogP contribution in [0.4, 0.5) is 0 Å². The number of rotatable bonds is 1. The van der Waals surface area contributed by atoms with Crippen LogP contribution in [0.3, 0.4) is 0 Å². The summed E-state index contributed by atoms with van der Waals surface area (Å²) < 4.78 is 0. The lowest BCUT2D eigenvalue weighted by Crippen LogP contribution is -2.08. The molecule has 0 amide bonds. The lowest BCUT2D eigenvalue weighted by atomic mass is 10.0. The summed E-state index contributed by atoms with van der Waals surface area (Å²) in [4.78, 5) is 3.29. The maximum atomic E-state index is 3.29. The molecule has 0 aliphatic carbocycles. The van der Waals surface area contributed by atoms with Gasteiger partial charge in [0.1, 0.15) is 0 Å². The second-order valence-electron chi connectivity index (χ2n) is 3.53. The lowest BCUT2D eigenvalue weighted by Gasteiger charge is -2.01. The first kappa shape index (κ1) is 8.95. The number of H-pyrrole nitrogens is 1. The highest BCUT2D eigenvalue weighted by molar-refractivity contribution is 5.60. The summed E-state index contributed by atoms with van der Waals surface area (Å²) >= 11 is 0. The van der Waals surface area contributed by atoms with Crippen LogP contribution in [-0.2, 0) is 0 Å². The number of hydrogen-bond donors (Lipinski definition) is 0. The molecule has 0 aliphatic heterocycles. The van der Waals surface area contributed by atoms with E-state index in [1.54, 1.807) is 0 Å². The maximum absolute atomic E-state index is 3.29. The molecule has 1 aromatic carbocycles. The monoisotopic (exact) mass is 184 g/mol. The van der Waals surface area contributed by atoms with Crippen LogP contribution in [0.25, 0.3) is 11.3 Å². The Hall–Kier alpha value is -1.63. The van der Waals surface area contributed by atoms with E-state index in [2.05, 4.69) is 49.2 Å². The molecule has 1 heteroatoms. The summed E-state index contributed by atoms with van der Waals surface area (Å²) in [6.45, 7) is 4.28. The molecule has 0 saturated carbocycles. The summed E-state index contributed by atoms with van der Waals surface area (Å²) in [5.74, 6) is 0. The number of benzene rings is 1. The van der Waals surface area contributed by atoms with Crippen molar-refractivity contribution >= 4 is 0 Å². The minimum absolute atomic E-state index is 1.21. The predicted octanol–water partition coefficient (Wildman–Crippen LogP) is 2.78. The van der Waals surface area contributed by atoms with Gasteiger partial charge < -0.3 is 0 Å². The highest BCUT2D eigenvalue weighted by atomic mass is 14.7. The quantitative estimate of drug-likeness (QED) is 0.647. The largest absolute Gasteiger partial charge is 0.213 e. The Labute approximate surface area is 84.4 Å². The predicted molar refractivity (Wildman–Crippen MR) is 57.9 cm³/mol. The number of aryl methyl sites for hydroxylation is 1. The van der Waals surface area contributed by atoms with Crippen LogP contribution >= 0.6 is 0 Å². The Bertz CT molecular complexity index is 432. The topological polar surface area (TPSA) is 14.1 Å². The molecule has 0 radical (unpaired) electrons. The van der Waals surface area contributed by atoms with Gasteiger partial charge in [-0.3, -0.25) is 0 Å². The maximum Gasteiger partial charge on any atom is 0.213 e. The van der Waals surface area contributed by atoms with Crippen LogP contribution in [-0.4, -0.2) is 0 Å². The normalized spacial score (nSPS) is 10.1. The van der Waals surface area contributed by atoms with Crippen LogP contribution < -0.4 is 4.98 Å². The molecule has 0 spiro atoms. The van der Waals surface area contributed by atoms with Crippen molar-refractivity contribution in [1.29, 1.82) is 0 Å². The van der Waals surface area contributed by atoms with Crippen LogP contribution in [0.15, 0.2) is 42.6 Å². The molecule has 14 heavy (non-hydrogen) atoms. The van der Waals surface area contributed by atoms with Gasteiger partial charge in [-0.15, -0.1) is 0 Å². The van der Waals surface area contributed by atoms with E-state index in [4.69, 9.17) is 0 Å². The molecule has 1 aromatic heterocycles. The number of nitrogens with one attached hydrogen (secondary N) is 1. The smallest absolute Gasteiger partial charge is 0.211 e. The standard InChI is InChI=1S/C13H13N/c1-10-8-9-14-13(11(10)2)12-6-4-3-5-7-12/h3-9H,1-2H3/p+1. The number of aromatic amines is 1. The third-order valence-electron chi connectivity index (χ3n) is 2.59. The highest BCUT2D eigenvalue weighted by Crippen LogP contribution is 2.19. The van der Waals surface area contributed by atoms with Gasteiger partial charge in [-0.05, 0) is 31.5 Å². The van der Waals surface area contributed by atoms with E-state index in [1.165, 1.54) is 22.4 Å². The fourth-order valence-corrected chi connectivity index (χ4v) is 1.59. The van der Waals surface area contributed by atoms with Crippen LogP contribution in [0.1, 0.15) is 11.1 Å². The van der Waals surface area contributed by atoms with Gasteiger partial charge in [-0.2, -0.15) is 0 Å². The molecule has 0 bridgehead atoms. The van der Waals surface area contributed by atoms with E-state index in [9.17, 15) is 0 Å². The highest BCUT2D eigenvalue weighted by Gasteiger charge is 2.09. The Morgan fingerprint density at radius 2 is 1.64 bits per heavy atom. The van der Waals surface area contributed by atoms with Crippen molar-refractivity contribution in [2.24, 2.45) is 0 Å². The van der Waals surface area contributed by atoms with Crippen molar-refractivity contribution < 1.29 is 4.98 Å². The molecule has 2 aromatic rings. The molecule has 2 rings (SSSR count). The molecule has 1 N–H and O–H groups in total. The average molecular weight is 184 g/mol. The lowest BCUT2D eigenvalue weighted by molar-refractivity contribution is -0.365. The van der Waals surface area contributed by atoms with Crippen molar-refractivity contribution in [3.63, 3.8) is 0 Å². The fraction of sp³-hybridized carbons (Fsp3) is 0.154. The molecule has 1 heterocycles. The van der Waals surface area contributed by atoms with Crippen molar-refractivity contribution in [2.75, 3.05) is 0 Å². The zero-order valence-electron chi connectivity index (χ0n) is 8.54. The molecule has 0 atom stereocenters.